The summed E-state index contributed by atoms with van der Waals surface area (Å²) in [5.41, 5.74) is 1.93. The molecular weight excluding hydrogens is 447 g/mol. The number of aryl methyl sites for hydroxylation is 1. The fourth-order valence-corrected chi connectivity index (χ4v) is 5.94. The zero-order chi connectivity index (χ0) is 23.6. The molecule has 2 heterocycles. The summed E-state index contributed by atoms with van der Waals surface area (Å²) in [5.74, 6) is -2.07. The van der Waals surface area contributed by atoms with E-state index in [9.17, 15) is 22.4 Å². The van der Waals surface area contributed by atoms with Crippen LogP contribution in [0.5, 0.6) is 0 Å². The fraction of sp³-hybridized carbons (Fsp3) is 0.417. The summed E-state index contributed by atoms with van der Waals surface area (Å²) < 4.78 is 45.7. The van der Waals surface area contributed by atoms with Crippen LogP contribution in [0.15, 0.2) is 53.4 Å². The molecule has 2 aliphatic heterocycles. The maximum absolute atomic E-state index is 13.2. The maximum atomic E-state index is 13.2. The predicted octanol–water partition coefficient (Wildman–Crippen LogP) is 3.14. The van der Waals surface area contributed by atoms with Gasteiger partial charge in [-0.25, -0.2) is 12.8 Å². The molecule has 0 N–H and O–H groups in total. The quantitative estimate of drug-likeness (QED) is 0.622. The first kappa shape index (κ1) is 23.4. The number of carbonyl (C=O) groups is 2. The number of esters is 1. The molecule has 9 heteroatoms. The zero-order valence-corrected chi connectivity index (χ0v) is 19.3. The minimum atomic E-state index is -3.86. The van der Waals surface area contributed by atoms with E-state index in [-0.39, 0.29) is 23.9 Å². The van der Waals surface area contributed by atoms with Crippen LogP contribution in [-0.2, 0) is 30.8 Å². The molecular formula is C24H27FN2O5S. The van der Waals surface area contributed by atoms with Crippen LogP contribution < -0.4 is 4.90 Å². The highest BCUT2D eigenvalue weighted by Gasteiger charge is 2.36. The van der Waals surface area contributed by atoms with Crippen LogP contribution in [0.2, 0.25) is 0 Å². The largest absolute Gasteiger partial charge is 0.452 e. The molecule has 7 nitrogen and oxygen atoms in total. The lowest BCUT2D eigenvalue weighted by Crippen LogP contribution is -2.46. The minimum Gasteiger partial charge on any atom is -0.452 e. The third-order valence-corrected chi connectivity index (χ3v) is 8.07. The van der Waals surface area contributed by atoms with Crippen molar-refractivity contribution in [3.63, 3.8) is 0 Å². The van der Waals surface area contributed by atoms with Crippen LogP contribution in [0.1, 0.15) is 31.7 Å². The average molecular weight is 475 g/mol. The van der Waals surface area contributed by atoms with Crippen LogP contribution >= 0.6 is 0 Å². The lowest BCUT2D eigenvalue weighted by Gasteiger charge is -2.33. The average Bonchev–Trinajstić information content (AvgIpc) is 2.83. The van der Waals surface area contributed by atoms with Gasteiger partial charge >= 0.3 is 5.97 Å². The van der Waals surface area contributed by atoms with E-state index in [1.165, 1.54) is 16.4 Å². The molecule has 2 atom stereocenters. The Morgan fingerprint density at radius 3 is 2.55 bits per heavy atom. The maximum Gasteiger partial charge on any atom is 0.311 e. The second-order valence-corrected chi connectivity index (χ2v) is 10.4. The van der Waals surface area contributed by atoms with Crippen LogP contribution in [0.25, 0.3) is 0 Å². The molecule has 0 saturated carbocycles. The van der Waals surface area contributed by atoms with Crippen molar-refractivity contribution < 1.29 is 27.1 Å². The van der Waals surface area contributed by atoms with Crippen molar-refractivity contribution >= 4 is 27.6 Å². The summed E-state index contributed by atoms with van der Waals surface area (Å²) in [6, 6.07) is 12.3. The Morgan fingerprint density at radius 2 is 1.79 bits per heavy atom. The molecule has 0 aliphatic carbocycles. The Labute approximate surface area is 193 Å². The van der Waals surface area contributed by atoms with Crippen molar-refractivity contribution in [1.82, 2.24) is 4.31 Å². The third-order valence-electron chi connectivity index (χ3n) is 6.19. The van der Waals surface area contributed by atoms with E-state index in [1.807, 2.05) is 24.3 Å². The summed E-state index contributed by atoms with van der Waals surface area (Å²) in [4.78, 5) is 27.5. The van der Waals surface area contributed by atoms with Crippen LogP contribution in [0.3, 0.4) is 0 Å². The van der Waals surface area contributed by atoms with E-state index in [4.69, 9.17) is 4.74 Å². The number of nitrogens with zero attached hydrogens (tertiary/aromatic N) is 2. The van der Waals surface area contributed by atoms with Gasteiger partial charge in [0.15, 0.2) is 6.10 Å². The SMILES string of the molecule is C[C@H](OC(=O)[C@H]1CCCN(S(=O)(=O)c2ccc(F)cc2)C1)C(=O)N1CCCc2ccccc21. The normalized spacial score (nSPS) is 20.1. The van der Waals surface area contributed by atoms with E-state index in [2.05, 4.69) is 0 Å². The van der Waals surface area contributed by atoms with Crippen molar-refractivity contribution in [3.05, 3.63) is 59.9 Å². The molecule has 0 aromatic heterocycles. The van der Waals surface area contributed by atoms with Gasteiger partial charge in [0, 0.05) is 25.3 Å². The molecule has 1 saturated heterocycles. The molecule has 2 aromatic carbocycles. The van der Waals surface area contributed by atoms with Gasteiger partial charge in [-0.15, -0.1) is 0 Å². The number of anilines is 1. The summed E-state index contributed by atoms with van der Waals surface area (Å²) in [6.07, 6.45) is 1.72. The van der Waals surface area contributed by atoms with Gasteiger partial charge in [-0.05, 0) is 68.5 Å². The zero-order valence-electron chi connectivity index (χ0n) is 18.4. The predicted molar refractivity (Wildman–Crippen MR) is 121 cm³/mol. The van der Waals surface area contributed by atoms with Crippen molar-refractivity contribution in [2.45, 2.75) is 43.6 Å². The number of ether oxygens (including phenoxy) is 1. The molecule has 2 aromatic rings. The summed E-state index contributed by atoms with van der Waals surface area (Å²) in [6.45, 7) is 2.34. The van der Waals surface area contributed by atoms with E-state index < -0.39 is 33.8 Å². The number of sulfonamides is 1. The number of hydrogen-bond acceptors (Lipinski definition) is 5. The lowest BCUT2D eigenvalue weighted by molar-refractivity contribution is -0.159. The van der Waals surface area contributed by atoms with Crippen molar-refractivity contribution in [2.24, 2.45) is 5.92 Å². The molecule has 0 bridgehead atoms. The van der Waals surface area contributed by atoms with E-state index in [0.29, 0.717) is 19.4 Å². The van der Waals surface area contributed by atoms with Gasteiger partial charge in [0.1, 0.15) is 5.82 Å². The first-order valence-electron chi connectivity index (χ1n) is 11.1. The van der Waals surface area contributed by atoms with Gasteiger partial charge < -0.3 is 9.64 Å². The van der Waals surface area contributed by atoms with Crippen LogP contribution in [-0.4, -0.2) is 50.3 Å². The molecule has 0 spiro atoms. The second-order valence-electron chi connectivity index (χ2n) is 8.46. The second kappa shape index (κ2) is 9.61. The monoisotopic (exact) mass is 474 g/mol. The van der Waals surface area contributed by atoms with Crippen molar-refractivity contribution in [3.8, 4) is 0 Å². The number of para-hydroxylation sites is 1. The van der Waals surface area contributed by atoms with Crippen molar-refractivity contribution in [2.75, 3.05) is 24.5 Å². The topological polar surface area (TPSA) is 84.0 Å². The first-order chi connectivity index (χ1) is 15.8. The fourth-order valence-electron chi connectivity index (χ4n) is 4.41. The van der Waals surface area contributed by atoms with Gasteiger partial charge in [0.05, 0.1) is 10.8 Å². The molecule has 33 heavy (non-hydrogen) atoms. The standard InChI is InChI=1S/C24H27FN2O5S/c1-17(23(28)27-15-5-7-18-6-2-3-9-22(18)27)32-24(29)19-8-4-14-26(16-19)33(30,31)21-12-10-20(25)11-13-21/h2-3,6,9-13,17,19H,4-5,7-8,14-16H2,1H3/t17-,19-/m0/s1. The van der Waals surface area contributed by atoms with Gasteiger partial charge in [0.25, 0.3) is 5.91 Å². The number of benzene rings is 2. The van der Waals surface area contributed by atoms with E-state index >= 15 is 0 Å². The van der Waals surface area contributed by atoms with E-state index in [0.717, 1.165) is 36.2 Å². The highest BCUT2D eigenvalue weighted by atomic mass is 32.2. The number of piperidine rings is 1. The third kappa shape index (κ3) is 4.94. The Hall–Kier alpha value is -2.78. The number of amides is 1. The van der Waals surface area contributed by atoms with Gasteiger partial charge in [-0.1, -0.05) is 18.2 Å². The Morgan fingerprint density at radius 1 is 1.06 bits per heavy atom. The van der Waals surface area contributed by atoms with Crippen LogP contribution in [0, 0.1) is 11.7 Å². The minimum absolute atomic E-state index is 0.0229. The smallest absolute Gasteiger partial charge is 0.311 e. The molecule has 2 aliphatic rings. The van der Waals surface area contributed by atoms with Gasteiger partial charge in [-0.2, -0.15) is 4.31 Å². The summed E-state index contributed by atoms with van der Waals surface area (Å²) in [7, 11) is -3.86. The van der Waals surface area contributed by atoms with Crippen molar-refractivity contribution in [1.29, 1.82) is 0 Å². The first-order valence-corrected chi connectivity index (χ1v) is 12.6. The molecule has 1 fully saturated rings. The van der Waals surface area contributed by atoms with Crippen LogP contribution in [0.4, 0.5) is 10.1 Å². The molecule has 176 valence electrons. The molecule has 4 rings (SSSR count). The summed E-state index contributed by atoms with van der Waals surface area (Å²) >= 11 is 0. The number of rotatable bonds is 5. The molecule has 1 amide bonds. The summed E-state index contributed by atoms with van der Waals surface area (Å²) in [5, 5.41) is 0. The number of hydrogen-bond donors (Lipinski definition) is 0. The highest BCUT2D eigenvalue weighted by Crippen LogP contribution is 2.28. The van der Waals surface area contributed by atoms with Gasteiger partial charge in [0.2, 0.25) is 10.0 Å². The Balaban J connectivity index is 1.41. The number of halogens is 1. The van der Waals surface area contributed by atoms with E-state index in [1.54, 1.807) is 11.8 Å². The van der Waals surface area contributed by atoms with Gasteiger partial charge in [-0.3, -0.25) is 9.59 Å². The Bertz CT molecular complexity index is 1140. The number of fused-ring (bicyclic) bond motifs is 1. The molecule has 0 radical (unpaired) electrons. The lowest BCUT2D eigenvalue weighted by atomic mass is 10.00. The molecule has 0 unspecified atom stereocenters. The highest BCUT2D eigenvalue weighted by molar-refractivity contribution is 7.89. The Kier molecular flexibility index (Phi) is 6.81. The number of carbonyl (C=O) groups excluding carboxylic acids is 2.